The minimum absolute atomic E-state index is 0. The minimum atomic E-state index is -5.00. The van der Waals surface area contributed by atoms with Crippen LogP contribution in [-0.4, -0.2) is 87.5 Å². The fourth-order valence-corrected chi connectivity index (χ4v) is 3.79. The molecule has 4 N–H and O–H groups in total. The van der Waals surface area contributed by atoms with E-state index in [0.717, 1.165) is 18.2 Å². The molecule has 0 amide bonds. The van der Waals surface area contributed by atoms with E-state index in [1.807, 2.05) is 0 Å². The van der Waals surface area contributed by atoms with Gasteiger partial charge in [-0.3, -0.25) is 9.11 Å². The zero-order valence-electron chi connectivity index (χ0n) is 9.55. The molecule has 0 radical (unpaired) electrons. The molecule has 0 saturated carbocycles. The first kappa shape index (κ1) is 18.8. The number of fused-ring (bicyclic) bond motifs is 1. The van der Waals surface area contributed by atoms with Crippen LogP contribution in [0.3, 0.4) is 0 Å². The molecule has 0 spiro atoms. The molecule has 110 valence electrons. The summed E-state index contributed by atoms with van der Waals surface area (Å²) in [7, 11) is -9.92. The van der Waals surface area contributed by atoms with Gasteiger partial charge in [0.1, 0.15) is 9.79 Å². The Labute approximate surface area is 162 Å². The second kappa shape index (κ2) is 6.10. The molecule has 0 heterocycles. The predicted octanol–water partition coefficient (Wildman–Crippen LogP) is 0.0959. The molecule has 0 saturated heterocycles. The third-order valence-electron chi connectivity index (χ3n) is 2.60. The molecule has 2 rings (SSSR count). The number of phenols is 2. The van der Waals surface area contributed by atoms with Crippen molar-refractivity contribution in [3.8, 4) is 11.5 Å². The van der Waals surface area contributed by atoms with Gasteiger partial charge in [0.05, 0.1) is 0 Å². The van der Waals surface area contributed by atoms with Crippen molar-refractivity contribution in [1.29, 1.82) is 0 Å². The number of benzene rings is 2. The topological polar surface area (TPSA) is 149 Å². The van der Waals surface area contributed by atoms with Crippen molar-refractivity contribution >= 4 is 82.4 Å². The van der Waals surface area contributed by atoms with Crippen LogP contribution in [0.2, 0.25) is 0 Å². The van der Waals surface area contributed by atoms with E-state index in [2.05, 4.69) is 0 Å². The molecule has 0 aromatic heterocycles. The van der Waals surface area contributed by atoms with Crippen molar-refractivity contribution in [2.75, 3.05) is 0 Å². The van der Waals surface area contributed by atoms with Gasteiger partial charge in [-0.05, 0) is 24.3 Å². The summed E-state index contributed by atoms with van der Waals surface area (Å²) in [6.45, 7) is 0. The second-order valence-corrected chi connectivity index (χ2v) is 6.62. The van der Waals surface area contributed by atoms with Gasteiger partial charge < -0.3 is 10.2 Å². The van der Waals surface area contributed by atoms with E-state index in [9.17, 15) is 27.0 Å². The Morgan fingerprint density at radius 2 is 1.29 bits per heavy atom. The molecular formula is C10H9KO8S2. The SMILES string of the molecule is O=S(=O)(O)c1ccc2c(O)c(O)ccc2c1S(=O)(=O)O.[KH]. The summed E-state index contributed by atoms with van der Waals surface area (Å²) < 4.78 is 63.2. The van der Waals surface area contributed by atoms with Crippen molar-refractivity contribution in [3.63, 3.8) is 0 Å². The van der Waals surface area contributed by atoms with Crippen molar-refractivity contribution in [2.45, 2.75) is 9.79 Å². The average Bonchev–Trinajstić information content (AvgIpc) is 2.30. The summed E-state index contributed by atoms with van der Waals surface area (Å²) in [4.78, 5) is -2.11. The first-order valence-corrected chi connectivity index (χ1v) is 7.84. The van der Waals surface area contributed by atoms with Crippen LogP contribution in [0.15, 0.2) is 34.1 Å². The first-order valence-electron chi connectivity index (χ1n) is 4.96. The van der Waals surface area contributed by atoms with E-state index < -0.39 is 41.5 Å². The van der Waals surface area contributed by atoms with E-state index in [-0.39, 0.29) is 62.2 Å². The number of rotatable bonds is 2. The molecule has 0 fully saturated rings. The molecule has 21 heavy (non-hydrogen) atoms. The van der Waals surface area contributed by atoms with Gasteiger partial charge >= 0.3 is 51.4 Å². The van der Waals surface area contributed by atoms with E-state index >= 15 is 0 Å². The van der Waals surface area contributed by atoms with Crippen LogP contribution in [0.5, 0.6) is 11.5 Å². The average molecular weight is 360 g/mol. The van der Waals surface area contributed by atoms with Crippen molar-refractivity contribution < 1.29 is 36.2 Å². The second-order valence-electron chi connectivity index (χ2n) is 3.87. The normalized spacial score (nSPS) is 12.1. The zero-order chi connectivity index (χ0) is 15.3. The molecule has 8 nitrogen and oxygen atoms in total. The van der Waals surface area contributed by atoms with Gasteiger partial charge in [-0.25, -0.2) is 0 Å². The Bertz CT molecular complexity index is 918. The van der Waals surface area contributed by atoms with Crippen LogP contribution >= 0.6 is 0 Å². The first-order chi connectivity index (χ1) is 9.03. The standard InChI is InChI=1S/C10H8O8S2.K.H/c11-7-3-1-6-5(9(7)12)2-4-8(19(13,14)15)10(6)20(16,17)18;;/h1-4,11-12H,(H,13,14,15)(H,16,17,18);;. The maximum absolute atomic E-state index is 11.3. The van der Waals surface area contributed by atoms with Gasteiger partial charge in [0.25, 0.3) is 20.2 Å². The molecule has 0 aliphatic carbocycles. The summed E-state index contributed by atoms with van der Waals surface area (Å²) in [6, 6.07) is 3.59. The molecule has 0 bridgehead atoms. The van der Waals surface area contributed by atoms with Crippen LogP contribution in [-0.2, 0) is 20.2 Å². The van der Waals surface area contributed by atoms with E-state index in [1.165, 1.54) is 0 Å². The number of aromatic hydroxyl groups is 2. The monoisotopic (exact) mass is 360 g/mol. The van der Waals surface area contributed by atoms with E-state index in [1.54, 1.807) is 0 Å². The third kappa shape index (κ3) is 3.57. The van der Waals surface area contributed by atoms with Gasteiger partial charge in [-0.2, -0.15) is 16.8 Å². The van der Waals surface area contributed by atoms with Gasteiger partial charge in [-0.1, -0.05) is 0 Å². The van der Waals surface area contributed by atoms with Crippen LogP contribution in [0.4, 0.5) is 0 Å². The molecule has 11 heteroatoms. The van der Waals surface area contributed by atoms with Crippen LogP contribution in [0.1, 0.15) is 0 Å². The molecule has 0 aliphatic rings. The molecule has 0 aliphatic heterocycles. The zero-order valence-corrected chi connectivity index (χ0v) is 11.2. The summed E-state index contributed by atoms with van der Waals surface area (Å²) in [5, 5.41) is 18.3. The van der Waals surface area contributed by atoms with Gasteiger partial charge in [0.2, 0.25) is 0 Å². The van der Waals surface area contributed by atoms with Gasteiger partial charge in [0, 0.05) is 10.8 Å². The predicted molar refractivity (Wildman–Crippen MR) is 74.1 cm³/mol. The Morgan fingerprint density at radius 3 is 1.76 bits per heavy atom. The van der Waals surface area contributed by atoms with Crippen molar-refractivity contribution in [3.05, 3.63) is 24.3 Å². The fraction of sp³-hybridized carbons (Fsp3) is 0. The summed E-state index contributed by atoms with van der Waals surface area (Å²) in [5.41, 5.74) is 0. The third-order valence-corrected chi connectivity index (χ3v) is 4.58. The Kier molecular flexibility index (Phi) is 5.46. The fourth-order valence-electron chi connectivity index (χ4n) is 1.80. The summed E-state index contributed by atoms with van der Waals surface area (Å²) in [6.07, 6.45) is 0. The van der Waals surface area contributed by atoms with Crippen LogP contribution in [0, 0.1) is 0 Å². The summed E-state index contributed by atoms with van der Waals surface area (Å²) in [5.74, 6) is -1.24. The Hall–Kier alpha value is -0.244. The number of hydrogen-bond donors (Lipinski definition) is 4. The number of phenolic OH excluding ortho intramolecular Hbond substituents is 2. The summed E-state index contributed by atoms with van der Waals surface area (Å²) >= 11 is 0. The van der Waals surface area contributed by atoms with E-state index in [4.69, 9.17) is 9.11 Å². The van der Waals surface area contributed by atoms with Crippen LogP contribution < -0.4 is 0 Å². The number of hydrogen-bond acceptors (Lipinski definition) is 6. The molecule has 2 aromatic carbocycles. The van der Waals surface area contributed by atoms with Gasteiger partial charge in [-0.15, -0.1) is 0 Å². The molecular weight excluding hydrogens is 351 g/mol. The van der Waals surface area contributed by atoms with Crippen molar-refractivity contribution in [1.82, 2.24) is 0 Å². The van der Waals surface area contributed by atoms with Crippen LogP contribution in [0.25, 0.3) is 10.8 Å². The maximum atomic E-state index is 11.3. The van der Waals surface area contributed by atoms with Crippen molar-refractivity contribution in [2.24, 2.45) is 0 Å². The molecule has 0 atom stereocenters. The molecule has 2 aromatic rings. The molecule has 0 unspecified atom stereocenters. The van der Waals surface area contributed by atoms with E-state index in [0.29, 0.717) is 6.07 Å². The Balaban J connectivity index is 0.00000220. The quantitative estimate of drug-likeness (QED) is 0.334. The van der Waals surface area contributed by atoms with Gasteiger partial charge in [0.15, 0.2) is 11.5 Å². The Morgan fingerprint density at radius 1 is 0.762 bits per heavy atom.